The Bertz CT molecular complexity index is 826. The third-order valence-corrected chi connectivity index (χ3v) is 3.71. The van der Waals surface area contributed by atoms with Crippen LogP contribution in [0.5, 0.6) is 5.88 Å². The molecule has 2 N–H and O–H groups in total. The van der Waals surface area contributed by atoms with Crippen molar-refractivity contribution >= 4 is 11.8 Å². The summed E-state index contributed by atoms with van der Waals surface area (Å²) in [6.45, 7) is 0.772. The van der Waals surface area contributed by atoms with E-state index in [1.807, 2.05) is 0 Å². The Morgan fingerprint density at radius 2 is 1.66 bits per heavy atom. The van der Waals surface area contributed by atoms with Crippen LogP contribution in [-0.2, 0) is 10.9 Å². The first-order valence-electron chi connectivity index (χ1n) is 8.63. The van der Waals surface area contributed by atoms with Gasteiger partial charge in [0.2, 0.25) is 5.88 Å². The highest BCUT2D eigenvalue weighted by atomic mass is 19.4. The molecule has 156 valence electrons. The van der Waals surface area contributed by atoms with Gasteiger partial charge in [0.25, 0.3) is 11.8 Å². The highest BCUT2D eigenvalue weighted by Gasteiger charge is 2.30. The smallest absolute Gasteiger partial charge is 0.416 e. The van der Waals surface area contributed by atoms with Crippen LogP contribution in [0.25, 0.3) is 0 Å². The summed E-state index contributed by atoms with van der Waals surface area (Å²) in [7, 11) is 1.52. The second-order valence-corrected chi connectivity index (χ2v) is 5.78. The number of methoxy groups -OCH3 is 1. The molecular formula is C19H20F3N3O4. The minimum absolute atomic E-state index is 0.0883. The Kier molecular flexibility index (Phi) is 7.96. The van der Waals surface area contributed by atoms with E-state index < -0.39 is 23.6 Å². The van der Waals surface area contributed by atoms with Crippen molar-refractivity contribution in [1.82, 2.24) is 15.6 Å². The van der Waals surface area contributed by atoms with Crippen LogP contribution >= 0.6 is 0 Å². The molecule has 1 heterocycles. The summed E-state index contributed by atoms with van der Waals surface area (Å²) < 4.78 is 47.9. The molecule has 0 spiro atoms. The number of hydrogen-bond donors (Lipinski definition) is 2. The highest BCUT2D eigenvalue weighted by Crippen LogP contribution is 2.29. The molecule has 1 aromatic carbocycles. The summed E-state index contributed by atoms with van der Waals surface area (Å²) in [4.78, 5) is 28.2. The number of alkyl halides is 3. The minimum atomic E-state index is -4.46. The second kappa shape index (κ2) is 10.4. The summed E-state index contributed by atoms with van der Waals surface area (Å²) in [6.07, 6.45) is -2.97. The molecule has 0 aliphatic rings. The van der Waals surface area contributed by atoms with E-state index in [2.05, 4.69) is 15.6 Å². The van der Waals surface area contributed by atoms with Crippen molar-refractivity contribution in [3.63, 3.8) is 0 Å². The van der Waals surface area contributed by atoms with E-state index in [4.69, 9.17) is 9.47 Å². The van der Waals surface area contributed by atoms with Crippen molar-refractivity contribution in [2.45, 2.75) is 6.18 Å². The van der Waals surface area contributed by atoms with Gasteiger partial charge in [-0.25, -0.2) is 4.98 Å². The van der Waals surface area contributed by atoms with Crippen LogP contribution in [0.3, 0.4) is 0 Å². The Balaban J connectivity index is 1.81. The number of aromatic nitrogens is 1. The van der Waals surface area contributed by atoms with Gasteiger partial charge in [-0.05, 0) is 36.4 Å². The molecule has 0 saturated heterocycles. The lowest BCUT2D eigenvalue weighted by Crippen LogP contribution is -2.35. The number of nitrogens with zero attached hydrogens (tertiary/aromatic N) is 1. The van der Waals surface area contributed by atoms with Crippen molar-refractivity contribution in [2.24, 2.45) is 0 Å². The summed E-state index contributed by atoms with van der Waals surface area (Å²) >= 11 is 0. The predicted molar refractivity (Wildman–Crippen MR) is 97.7 cm³/mol. The maximum Gasteiger partial charge on any atom is 0.416 e. The zero-order valence-corrected chi connectivity index (χ0v) is 15.6. The van der Waals surface area contributed by atoms with Gasteiger partial charge < -0.3 is 20.1 Å². The molecule has 0 saturated carbocycles. The second-order valence-electron chi connectivity index (χ2n) is 5.78. The molecule has 10 heteroatoms. The average molecular weight is 411 g/mol. The number of halogens is 3. The first kappa shape index (κ1) is 22.2. The average Bonchev–Trinajstić information content (AvgIpc) is 2.71. The van der Waals surface area contributed by atoms with Gasteiger partial charge in [-0.1, -0.05) is 0 Å². The largest absolute Gasteiger partial charge is 0.475 e. The number of rotatable bonds is 9. The van der Waals surface area contributed by atoms with E-state index in [1.54, 1.807) is 12.1 Å². The number of amides is 2. The monoisotopic (exact) mass is 411 g/mol. The molecule has 0 aliphatic heterocycles. The van der Waals surface area contributed by atoms with Crippen LogP contribution in [0.4, 0.5) is 13.2 Å². The number of carbonyl (C=O) groups is 2. The Morgan fingerprint density at radius 3 is 2.28 bits per heavy atom. The van der Waals surface area contributed by atoms with Crippen molar-refractivity contribution in [3.05, 3.63) is 59.3 Å². The number of hydrogen-bond acceptors (Lipinski definition) is 5. The molecular weight excluding hydrogens is 391 g/mol. The summed E-state index contributed by atoms with van der Waals surface area (Å²) in [6, 6.07) is 7.00. The summed E-state index contributed by atoms with van der Waals surface area (Å²) in [5.74, 6) is -0.817. The summed E-state index contributed by atoms with van der Waals surface area (Å²) in [5.41, 5.74) is -0.510. The van der Waals surface area contributed by atoms with Gasteiger partial charge in [0.15, 0.2) is 0 Å². The fourth-order valence-corrected chi connectivity index (χ4v) is 2.26. The molecule has 0 fully saturated rings. The molecule has 2 aromatic rings. The van der Waals surface area contributed by atoms with Gasteiger partial charge >= 0.3 is 6.18 Å². The van der Waals surface area contributed by atoms with Crippen LogP contribution in [-0.4, -0.2) is 50.2 Å². The van der Waals surface area contributed by atoms with E-state index >= 15 is 0 Å². The van der Waals surface area contributed by atoms with Crippen LogP contribution in [0, 0.1) is 0 Å². The molecule has 29 heavy (non-hydrogen) atoms. The third-order valence-electron chi connectivity index (χ3n) is 3.71. The molecule has 7 nitrogen and oxygen atoms in total. The van der Waals surface area contributed by atoms with Crippen molar-refractivity contribution in [2.75, 3.05) is 33.4 Å². The van der Waals surface area contributed by atoms with E-state index in [1.165, 1.54) is 13.3 Å². The lowest BCUT2D eigenvalue weighted by Gasteiger charge is -2.11. The van der Waals surface area contributed by atoms with Crippen LogP contribution in [0.15, 0.2) is 42.6 Å². The molecule has 0 atom stereocenters. The van der Waals surface area contributed by atoms with Gasteiger partial charge in [-0.2, -0.15) is 13.2 Å². The number of nitrogens with one attached hydrogen (secondary N) is 2. The highest BCUT2D eigenvalue weighted by molar-refractivity contribution is 5.96. The SMILES string of the molecule is COCCOc1ncccc1C(=O)NCCNC(=O)c1ccc(C(F)(F)F)cc1. The molecule has 0 bridgehead atoms. The Morgan fingerprint density at radius 1 is 1.00 bits per heavy atom. The maximum atomic E-state index is 12.5. The normalized spacial score (nSPS) is 11.0. The van der Waals surface area contributed by atoms with Crippen LogP contribution < -0.4 is 15.4 Å². The van der Waals surface area contributed by atoms with E-state index in [-0.39, 0.29) is 36.7 Å². The van der Waals surface area contributed by atoms with E-state index in [0.29, 0.717) is 6.61 Å². The lowest BCUT2D eigenvalue weighted by molar-refractivity contribution is -0.137. The minimum Gasteiger partial charge on any atom is -0.475 e. The Labute approximate surface area is 165 Å². The summed E-state index contributed by atoms with van der Waals surface area (Å²) in [5, 5.41) is 5.13. The number of carbonyl (C=O) groups excluding carboxylic acids is 2. The quantitative estimate of drug-likeness (QED) is 0.618. The molecule has 2 rings (SSSR count). The number of pyridine rings is 1. The molecule has 0 radical (unpaired) electrons. The zero-order valence-electron chi connectivity index (χ0n) is 15.6. The molecule has 2 amide bonds. The topological polar surface area (TPSA) is 89.6 Å². The van der Waals surface area contributed by atoms with Crippen molar-refractivity contribution in [3.8, 4) is 5.88 Å². The standard InChI is InChI=1S/C19H20F3N3O4/c1-28-11-12-29-18-15(3-2-8-25-18)17(27)24-10-9-23-16(26)13-4-6-14(7-5-13)19(20,21)22/h2-8H,9-12H2,1H3,(H,23,26)(H,24,27). The first-order chi connectivity index (χ1) is 13.8. The predicted octanol–water partition coefficient (Wildman–Crippen LogP) is 2.29. The van der Waals surface area contributed by atoms with Crippen LogP contribution in [0.2, 0.25) is 0 Å². The molecule has 1 aromatic heterocycles. The number of ether oxygens (including phenoxy) is 2. The van der Waals surface area contributed by atoms with Gasteiger partial charge in [0.1, 0.15) is 12.2 Å². The van der Waals surface area contributed by atoms with E-state index in [0.717, 1.165) is 24.3 Å². The van der Waals surface area contributed by atoms with Crippen LogP contribution in [0.1, 0.15) is 26.3 Å². The lowest BCUT2D eigenvalue weighted by atomic mass is 10.1. The molecule has 0 unspecified atom stereocenters. The van der Waals surface area contributed by atoms with Gasteiger partial charge in [-0.3, -0.25) is 9.59 Å². The fraction of sp³-hybridized carbons (Fsp3) is 0.316. The van der Waals surface area contributed by atoms with Gasteiger partial charge in [0.05, 0.1) is 12.2 Å². The van der Waals surface area contributed by atoms with Gasteiger partial charge in [0, 0.05) is 32.0 Å². The number of benzene rings is 1. The van der Waals surface area contributed by atoms with Crippen molar-refractivity contribution < 1.29 is 32.2 Å². The van der Waals surface area contributed by atoms with Crippen molar-refractivity contribution in [1.29, 1.82) is 0 Å². The third kappa shape index (κ3) is 6.75. The Hall–Kier alpha value is -3.14. The van der Waals surface area contributed by atoms with E-state index in [9.17, 15) is 22.8 Å². The maximum absolute atomic E-state index is 12.5. The molecule has 0 aliphatic carbocycles. The first-order valence-corrected chi connectivity index (χ1v) is 8.63. The fourth-order valence-electron chi connectivity index (χ4n) is 2.26. The van der Waals surface area contributed by atoms with Gasteiger partial charge in [-0.15, -0.1) is 0 Å². The zero-order chi connectivity index (χ0) is 21.3.